The van der Waals surface area contributed by atoms with Gasteiger partial charge in [-0.2, -0.15) is 8.99 Å². The lowest BCUT2D eigenvalue weighted by Gasteiger charge is -2.34. The van der Waals surface area contributed by atoms with Gasteiger partial charge in [-0.3, -0.25) is 0 Å². The van der Waals surface area contributed by atoms with Crippen molar-refractivity contribution in [2.45, 2.75) is 11.8 Å². The second-order valence-corrected chi connectivity index (χ2v) is 10.0. The average Bonchev–Trinajstić information content (AvgIpc) is 3.29. The minimum Gasteiger partial charge on any atom is -0.494 e. The Balaban J connectivity index is 1.37. The highest BCUT2D eigenvalue weighted by atomic mass is 35.5. The van der Waals surface area contributed by atoms with Crippen molar-refractivity contribution in [3.8, 4) is 11.4 Å². The van der Waals surface area contributed by atoms with Gasteiger partial charge in [-0.25, -0.2) is 18.4 Å². The second kappa shape index (κ2) is 9.16. The van der Waals surface area contributed by atoms with Gasteiger partial charge in [-0.1, -0.05) is 22.9 Å². The quantitative estimate of drug-likeness (QED) is 0.398. The summed E-state index contributed by atoms with van der Waals surface area (Å²) in [5.41, 5.74) is 1.93. The van der Waals surface area contributed by atoms with Crippen molar-refractivity contribution in [3.63, 3.8) is 0 Å². The summed E-state index contributed by atoms with van der Waals surface area (Å²) in [5.74, 6) is 1.40. The molecule has 0 spiro atoms. The predicted octanol–water partition coefficient (Wildman–Crippen LogP) is 2.77. The molecule has 0 bridgehead atoms. The standard InChI is InChI=1S/C22H22ClN7O3S/c1-2-33-18-8-6-17(7-9-18)30-22-20(26-27-30)21(24-15-25-22)28-10-12-29(13-11-28)34(31,32)19-5-3-4-16(23)14-19/h3-9,14-15H,2,10-13H2,1H3. The SMILES string of the molecule is CCOc1ccc(-n2nnc3c(N4CCN(S(=O)(=O)c5cccc(Cl)c5)CC4)ncnc32)cc1. The molecule has 3 heterocycles. The van der Waals surface area contributed by atoms with Crippen LogP contribution in [0.3, 0.4) is 0 Å². The van der Waals surface area contributed by atoms with Gasteiger partial charge in [-0.05, 0) is 49.4 Å². The molecule has 5 rings (SSSR count). The van der Waals surface area contributed by atoms with Gasteiger partial charge in [0.05, 0.1) is 17.2 Å². The number of piperazine rings is 1. The number of nitrogens with zero attached hydrogens (tertiary/aromatic N) is 7. The molecule has 1 aliphatic rings. The van der Waals surface area contributed by atoms with Crippen LogP contribution in [-0.2, 0) is 10.0 Å². The van der Waals surface area contributed by atoms with Crippen LogP contribution in [0.2, 0.25) is 5.02 Å². The molecule has 1 aliphatic heterocycles. The van der Waals surface area contributed by atoms with Crippen molar-refractivity contribution in [2.75, 3.05) is 37.7 Å². The van der Waals surface area contributed by atoms with Crippen molar-refractivity contribution >= 4 is 38.6 Å². The highest BCUT2D eigenvalue weighted by Crippen LogP contribution is 2.26. The first-order valence-electron chi connectivity index (χ1n) is 10.8. The van der Waals surface area contributed by atoms with Crippen LogP contribution in [0.4, 0.5) is 5.82 Å². The van der Waals surface area contributed by atoms with Crippen LogP contribution in [0.15, 0.2) is 59.8 Å². The van der Waals surface area contributed by atoms with Crippen molar-refractivity contribution in [1.29, 1.82) is 0 Å². The molecule has 0 radical (unpaired) electrons. The molecule has 12 heteroatoms. The molecule has 1 saturated heterocycles. The third-order valence-corrected chi connectivity index (χ3v) is 7.71. The topological polar surface area (TPSA) is 106 Å². The van der Waals surface area contributed by atoms with E-state index in [9.17, 15) is 8.42 Å². The first-order valence-corrected chi connectivity index (χ1v) is 12.6. The largest absolute Gasteiger partial charge is 0.494 e. The first kappa shape index (κ1) is 22.5. The second-order valence-electron chi connectivity index (χ2n) is 7.65. The molecule has 4 aromatic rings. The first-order chi connectivity index (χ1) is 16.5. The maximum atomic E-state index is 13.0. The van der Waals surface area contributed by atoms with Crippen LogP contribution in [-0.4, -0.2) is 70.5 Å². The molecule has 1 fully saturated rings. The molecule has 0 saturated carbocycles. The Morgan fingerprint density at radius 1 is 1.03 bits per heavy atom. The molecule has 0 unspecified atom stereocenters. The Bertz CT molecular complexity index is 1420. The average molecular weight is 500 g/mol. The molecule has 176 valence electrons. The Kier molecular flexibility index (Phi) is 6.07. The van der Waals surface area contributed by atoms with Crippen molar-refractivity contribution in [1.82, 2.24) is 29.3 Å². The number of halogens is 1. The number of hydrogen-bond acceptors (Lipinski definition) is 8. The van der Waals surface area contributed by atoms with Gasteiger partial charge in [0, 0.05) is 31.2 Å². The molecule has 0 amide bonds. The normalized spacial score (nSPS) is 15.1. The highest BCUT2D eigenvalue weighted by molar-refractivity contribution is 7.89. The number of ether oxygens (including phenoxy) is 1. The zero-order valence-corrected chi connectivity index (χ0v) is 19.9. The van der Waals surface area contributed by atoms with Crippen molar-refractivity contribution in [3.05, 3.63) is 59.9 Å². The summed E-state index contributed by atoms with van der Waals surface area (Å²) in [5, 5.41) is 8.99. The molecule has 2 aromatic carbocycles. The maximum Gasteiger partial charge on any atom is 0.243 e. The molecule has 2 aromatic heterocycles. The Morgan fingerprint density at radius 2 is 1.79 bits per heavy atom. The fourth-order valence-corrected chi connectivity index (χ4v) is 5.63. The van der Waals surface area contributed by atoms with E-state index in [0.29, 0.717) is 54.8 Å². The summed E-state index contributed by atoms with van der Waals surface area (Å²) in [6.07, 6.45) is 1.47. The summed E-state index contributed by atoms with van der Waals surface area (Å²) < 4.78 is 34.6. The van der Waals surface area contributed by atoms with E-state index in [0.717, 1.165) is 11.4 Å². The van der Waals surface area contributed by atoms with E-state index in [1.54, 1.807) is 22.9 Å². The fourth-order valence-electron chi connectivity index (χ4n) is 3.91. The number of anilines is 1. The van der Waals surface area contributed by atoms with E-state index >= 15 is 0 Å². The van der Waals surface area contributed by atoms with Crippen LogP contribution in [0.25, 0.3) is 16.9 Å². The Morgan fingerprint density at radius 3 is 2.50 bits per heavy atom. The smallest absolute Gasteiger partial charge is 0.243 e. The van der Waals surface area contributed by atoms with Gasteiger partial charge in [0.25, 0.3) is 0 Å². The van der Waals surface area contributed by atoms with E-state index < -0.39 is 10.0 Å². The number of fused-ring (bicyclic) bond motifs is 1. The van der Waals surface area contributed by atoms with E-state index in [1.165, 1.54) is 16.7 Å². The number of sulfonamides is 1. The van der Waals surface area contributed by atoms with E-state index in [1.807, 2.05) is 36.1 Å². The summed E-state index contributed by atoms with van der Waals surface area (Å²) >= 11 is 5.99. The number of hydrogen-bond donors (Lipinski definition) is 0. The summed E-state index contributed by atoms with van der Waals surface area (Å²) in [6.45, 7) is 4.07. The van der Waals surface area contributed by atoms with Crippen molar-refractivity contribution < 1.29 is 13.2 Å². The van der Waals surface area contributed by atoms with Gasteiger partial charge >= 0.3 is 0 Å². The highest BCUT2D eigenvalue weighted by Gasteiger charge is 2.30. The van der Waals surface area contributed by atoms with E-state index in [-0.39, 0.29) is 4.90 Å². The third-order valence-electron chi connectivity index (χ3n) is 5.58. The zero-order valence-electron chi connectivity index (χ0n) is 18.4. The Hall–Kier alpha value is -3.28. The van der Waals surface area contributed by atoms with Crippen molar-refractivity contribution in [2.24, 2.45) is 0 Å². The van der Waals surface area contributed by atoms with Crippen LogP contribution in [0, 0.1) is 0 Å². The molecule has 34 heavy (non-hydrogen) atoms. The monoisotopic (exact) mass is 499 g/mol. The molecular formula is C22H22ClN7O3S. The molecule has 0 N–H and O–H groups in total. The van der Waals surface area contributed by atoms with Gasteiger partial charge in [0.15, 0.2) is 17.0 Å². The van der Waals surface area contributed by atoms with Gasteiger partial charge in [0.1, 0.15) is 12.1 Å². The predicted molar refractivity (Wildman–Crippen MR) is 128 cm³/mol. The van der Waals surface area contributed by atoms with Gasteiger partial charge in [-0.15, -0.1) is 5.10 Å². The lowest BCUT2D eigenvalue weighted by atomic mass is 10.3. The van der Waals surface area contributed by atoms with Crippen LogP contribution >= 0.6 is 11.6 Å². The summed E-state index contributed by atoms with van der Waals surface area (Å²) in [6, 6.07) is 13.8. The van der Waals surface area contributed by atoms with Crippen LogP contribution < -0.4 is 9.64 Å². The lowest BCUT2D eigenvalue weighted by molar-refractivity contribution is 0.340. The van der Waals surface area contributed by atoms with Gasteiger partial charge in [0.2, 0.25) is 10.0 Å². The maximum absolute atomic E-state index is 13.0. The zero-order chi connectivity index (χ0) is 23.7. The summed E-state index contributed by atoms with van der Waals surface area (Å²) in [7, 11) is -3.63. The lowest BCUT2D eigenvalue weighted by Crippen LogP contribution is -2.49. The third kappa shape index (κ3) is 4.17. The minimum atomic E-state index is -3.63. The molecular weight excluding hydrogens is 478 g/mol. The molecule has 0 aliphatic carbocycles. The number of benzene rings is 2. The van der Waals surface area contributed by atoms with E-state index in [2.05, 4.69) is 20.3 Å². The number of aromatic nitrogens is 5. The molecule has 10 nitrogen and oxygen atoms in total. The minimum absolute atomic E-state index is 0.191. The van der Waals surface area contributed by atoms with E-state index in [4.69, 9.17) is 16.3 Å². The Labute approximate surface area is 201 Å². The van der Waals surface area contributed by atoms with Gasteiger partial charge < -0.3 is 9.64 Å². The summed E-state index contributed by atoms with van der Waals surface area (Å²) in [4.78, 5) is 11.0. The fraction of sp³-hybridized carbons (Fsp3) is 0.273. The van der Waals surface area contributed by atoms with Crippen LogP contribution in [0.5, 0.6) is 5.75 Å². The van der Waals surface area contributed by atoms with Crippen LogP contribution in [0.1, 0.15) is 6.92 Å². The number of rotatable bonds is 6. The molecule has 0 atom stereocenters.